The molecule has 1 fully saturated rings. The van der Waals surface area contributed by atoms with E-state index in [2.05, 4.69) is 16.0 Å². The third-order valence-corrected chi connectivity index (χ3v) is 3.49. The maximum absolute atomic E-state index is 11.9. The Hall–Kier alpha value is -1.53. The highest BCUT2D eigenvalue weighted by atomic mass is 35.5. The van der Waals surface area contributed by atoms with Gasteiger partial charge in [0.25, 0.3) is 5.91 Å². The summed E-state index contributed by atoms with van der Waals surface area (Å²) in [5, 5.41) is 8.84. The summed E-state index contributed by atoms with van der Waals surface area (Å²) in [6, 6.07) is 1.00. The summed E-state index contributed by atoms with van der Waals surface area (Å²) in [7, 11) is 0. The summed E-state index contributed by atoms with van der Waals surface area (Å²) < 4.78 is 4.84. The number of piperidine rings is 1. The van der Waals surface area contributed by atoms with Crippen molar-refractivity contribution in [1.82, 2.24) is 16.0 Å². The van der Waals surface area contributed by atoms with E-state index in [1.54, 1.807) is 13.0 Å². The maximum atomic E-state index is 11.9. The molecule has 0 saturated carbocycles. The summed E-state index contributed by atoms with van der Waals surface area (Å²) in [4.78, 5) is 23.7. The van der Waals surface area contributed by atoms with Crippen molar-refractivity contribution >= 4 is 24.2 Å². The normalized spacial score (nSPS) is 19.2. The number of furan rings is 1. The van der Waals surface area contributed by atoms with Crippen LogP contribution < -0.4 is 16.0 Å². The highest BCUT2D eigenvalue weighted by Gasteiger charge is 2.19. The minimum absolute atomic E-state index is 0. The summed E-state index contributed by atoms with van der Waals surface area (Å²) in [6.45, 7) is 4.32. The second-order valence-electron chi connectivity index (χ2n) is 5.16. The number of carbonyl (C=O) groups excluding carboxylic acids is 2. The van der Waals surface area contributed by atoms with Gasteiger partial charge in [-0.3, -0.25) is 9.59 Å². The van der Waals surface area contributed by atoms with Crippen LogP contribution >= 0.6 is 12.4 Å². The topological polar surface area (TPSA) is 83.4 Å². The number of rotatable bonds is 5. The van der Waals surface area contributed by atoms with E-state index < -0.39 is 6.04 Å². The first-order valence-corrected chi connectivity index (χ1v) is 6.98. The van der Waals surface area contributed by atoms with Crippen LogP contribution in [0.4, 0.5) is 0 Å². The van der Waals surface area contributed by atoms with E-state index in [4.69, 9.17) is 4.42 Å². The zero-order valence-electron chi connectivity index (χ0n) is 12.1. The molecule has 0 aliphatic carbocycles. The van der Waals surface area contributed by atoms with Gasteiger partial charge in [0, 0.05) is 6.54 Å². The Morgan fingerprint density at radius 2 is 2.33 bits per heavy atom. The van der Waals surface area contributed by atoms with E-state index >= 15 is 0 Å². The van der Waals surface area contributed by atoms with Crippen molar-refractivity contribution in [2.24, 2.45) is 5.92 Å². The number of hydrogen-bond donors (Lipinski definition) is 3. The molecule has 7 heteroatoms. The van der Waals surface area contributed by atoms with Crippen molar-refractivity contribution in [3.05, 3.63) is 24.2 Å². The van der Waals surface area contributed by atoms with Gasteiger partial charge in [-0.05, 0) is 44.8 Å². The molecule has 0 radical (unpaired) electrons. The standard InChI is InChI=1S/C14H21N3O3.ClH/c1-10(17-14(19)12-4-6-20-9-12)13(18)16-8-11-3-2-5-15-7-11;/h4,6,9-11,15H,2-3,5,7-8H2,1H3,(H,16,18)(H,17,19);1H. The van der Waals surface area contributed by atoms with E-state index in [0.29, 0.717) is 18.0 Å². The van der Waals surface area contributed by atoms with Crippen LogP contribution in [-0.4, -0.2) is 37.5 Å². The minimum atomic E-state index is -0.561. The molecule has 3 N–H and O–H groups in total. The quantitative estimate of drug-likeness (QED) is 0.755. The molecule has 1 aliphatic heterocycles. The maximum Gasteiger partial charge on any atom is 0.255 e. The second kappa shape index (κ2) is 8.69. The lowest BCUT2D eigenvalue weighted by molar-refractivity contribution is -0.122. The Morgan fingerprint density at radius 3 is 2.95 bits per heavy atom. The number of carbonyl (C=O) groups is 2. The molecule has 6 nitrogen and oxygen atoms in total. The van der Waals surface area contributed by atoms with Gasteiger partial charge in [-0.1, -0.05) is 0 Å². The third kappa shape index (κ3) is 5.40. The van der Waals surface area contributed by atoms with Gasteiger partial charge >= 0.3 is 0 Å². The molecule has 2 amide bonds. The van der Waals surface area contributed by atoms with E-state index in [-0.39, 0.29) is 24.2 Å². The molecule has 2 heterocycles. The van der Waals surface area contributed by atoms with Crippen LogP contribution in [0.15, 0.2) is 23.0 Å². The van der Waals surface area contributed by atoms with Gasteiger partial charge in [-0.2, -0.15) is 0 Å². The molecule has 0 spiro atoms. The lowest BCUT2D eigenvalue weighted by Gasteiger charge is -2.23. The first-order valence-electron chi connectivity index (χ1n) is 6.98. The number of amides is 2. The smallest absolute Gasteiger partial charge is 0.255 e. The molecule has 1 aliphatic rings. The third-order valence-electron chi connectivity index (χ3n) is 3.49. The average Bonchev–Trinajstić information content (AvgIpc) is 3.00. The number of hydrogen-bond acceptors (Lipinski definition) is 4. The van der Waals surface area contributed by atoms with Gasteiger partial charge in [0.2, 0.25) is 5.91 Å². The highest BCUT2D eigenvalue weighted by molar-refractivity contribution is 5.97. The van der Waals surface area contributed by atoms with Crippen molar-refractivity contribution in [3.8, 4) is 0 Å². The van der Waals surface area contributed by atoms with Gasteiger partial charge in [-0.25, -0.2) is 0 Å². The van der Waals surface area contributed by atoms with Crippen molar-refractivity contribution in [2.45, 2.75) is 25.8 Å². The molecule has 0 bridgehead atoms. The molecule has 2 rings (SSSR count). The van der Waals surface area contributed by atoms with Crippen molar-refractivity contribution in [1.29, 1.82) is 0 Å². The summed E-state index contributed by atoms with van der Waals surface area (Å²) in [5.74, 6) is 0.0117. The lowest BCUT2D eigenvalue weighted by Crippen LogP contribution is -2.47. The molecule has 1 aromatic heterocycles. The SMILES string of the molecule is CC(NC(=O)c1ccoc1)C(=O)NCC1CCCNC1.Cl. The molecule has 2 unspecified atom stereocenters. The van der Waals surface area contributed by atoms with Crippen molar-refractivity contribution < 1.29 is 14.0 Å². The van der Waals surface area contributed by atoms with Crippen LogP contribution in [0.3, 0.4) is 0 Å². The van der Waals surface area contributed by atoms with Gasteiger partial charge < -0.3 is 20.4 Å². The molecule has 2 atom stereocenters. The minimum Gasteiger partial charge on any atom is -0.472 e. The van der Waals surface area contributed by atoms with Crippen LogP contribution in [0.5, 0.6) is 0 Å². The fourth-order valence-electron chi connectivity index (χ4n) is 2.24. The van der Waals surface area contributed by atoms with Gasteiger partial charge in [0.05, 0.1) is 11.8 Å². The van der Waals surface area contributed by atoms with E-state index in [0.717, 1.165) is 25.9 Å². The predicted octanol–water partition coefficient (Wildman–Crippen LogP) is 0.935. The van der Waals surface area contributed by atoms with Crippen LogP contribution in [0.25, 0.3) is 0 Å². The average molecular weight is 316 g/mol. The monoisotopic (exact) mass is 315 g/mol. The first kappa shape index (κ1) is 17.5. The molecule has 0 aromatic carbocycles. The molecule has 1 aromatic rings. The molecule has 1 saturated heterocycles. The Morgan fingerprint density at radius 1 is 1.52 bits per heavy atom. The van der Waals surface area contributed by atoms with E-state index in [9.17, 15) is 9.59 Å². The fourth-order valence-corrected chi connectivity index (χ4v) is 2.24. The first-order chi connectivity index (χ1) is 9.66. The van der Waals surface area contributed by atoms with Crippen molar-refractivity contribution in [3.63, 3.8) is 0 Å². The van der Waals surface area contributed by atoms with Crippen LogP contribution in [-0.2, 0) is 4.79 Å². The summed E-state index contributed by atoms with van der Waals surface area (Å²) >= 11 is 0. The fraction of sp³-hybridized carbons (Fsp3) is 0.571. The van der Waals surface area contributed by atoms with Crippen LogP contribution in [0.1, 0.15) is 30.1 Å². The van der Waals surface area contributed by atoms with Crippen molar-refractivity contribution in [2.75, 3.05) is 19.6 Å². The Labute approximate surface area is 130 Å². The Kier molecular flexibility index (Phi) is 7.25. The van der Waals surface area contributed by atoms with E-state index in [1.807, 2.05) is 0 Å². The zero-order valence-corrected chi connectivity index (χ0v) is 12.9. The number of nitrogens with one attached hydrogen (secondary N) is 3. The molecule has 118 valence electrons. The van der Waals surface area contributed by atoms with Gasteiger partial charge in [0.1, 0.15) is 12.3 Å². The second-order valence-corrected chi connectivity index (χ2v) is 5.16. The Bertz CT molecular complexity index is 444. The van der Waals surface area contributed by atoms with Crippen LogP contribution in [0.2, 0.25) is 0 Å². The Balaban J connectivity index is 0.00000220. The summed E-state index contributed by atoms with van der Waals surface area (Å²) in [6.07, 6.45) is 5.06. The van der Waals surface area contributed by atoms with Gasteiger partial charge in [0.15, 0.2) is 0 Å². The van der Waals surface area contributed by atoms with Gasteiger partial charge in [-0.15, -0.1) is 12.4 Å². The molecular weight excluding hydrogens is 294 g/mol. The summed E-state index contributed by atoms with van der Waals surface area (Å²) in [5.41, 5.74) is 0.418. The number of halogens is 1. The zero-order chi connectivity index (χ0) is 14.4. The predicted molar refractivity (Wildman–Crippen MR) is 81.5 cm³/mol. The molecule has 21 heavy (non-hydrogen) atoms. The van der Waals surface area contributed by atoms with Crippen LogP contribution in [0, 0.1) is 5.92 Å². The lowest BCUT2D eigenvalue weighted by atomic mass is 10.00. The largest absolute Gasteiger partial charge is 0.472 e. The van der Waals surface area contributed by atoms with E-state index in [1.165, 1.54) is 12.5 Å². The molecular formula is C14H22ClN3O3. The highest BCUT2D eigenvalue weighted by Crippen LogP contribution is 2.08.